The van der Waals surface area contributed by atoms with E-state index in [9.17, 15) is 19.2 Å². The Kier molecular flexibility index (Phi) is 15.3. The number of aliphatic hydroxyl groups is 1. The van der Waals surface area contributed by atoms with Crippen molar-refractivity contribution in [3.8, 4) is 0 Å². The molecule has 2 aromatic carbocycles. The second-order valence-corrected chi connectivity index (χ2v) is 6.29. The summed E-state index contributed by atoms with van der Waals surface area (Å²) in [5.74, 6) is -1.11. The Bertz CT molecular complexity index is 778. The average Bonchev–Trinajstić information content (AvgIpc) is 2.74. The van der Waals surface area contributed by atoms with Crippen molar-refractivity contribution in [2.45, 2.75) is 41.2 Å². The molecular weight excluding hydrogens is 384 g/mol. The highest BCUT2D eigenvalue weighted by Gasteiger charge is 2.21. The van der Waals surface area contributed by atoms with Crippen LogP contribution in [0.4, 0.5) is 0 Å². The van der Waals surface area contributed by atoms with Crippen molar-refractivity contribution in [1.29, 1.82) is 0 Å². The summed E-state index contributed by atoms with van der Waals surface area (Å²) in [4.78, 5) is 43.6. The van der Waals surface area contributed by atoms with Crippen molar-refractivity contribution < 1.29 is 29.0 Å². The summed E-state index contributed by atoms with van der Waals surface area (Å²) in [5, 5.41) is 7.00. The Morgan fingerprint density at radius 1 is 0.833 bits per heavy atom. The van der Waals surface area contributed by atoms with Gasteiger partial charge in [-0.2, -0.15) is 0 Å². The van der Waals surface area contributed by atoms with Crippen LogP contribution in [0.3, 0.4) is 0 Å². The van der Waals surface area contributed by atoms with Gasteiger partial charge in [0.2, 0.25) is 0 Å². The third-order valence-corrected chi connectivity index (χ3v) is 3.86. The Labute approximate surface area is 178 Å². The first-order valence-electron chi connectivity index (χ1n) is 8.99. The van der Waals surface area contributed by atoms with Crippen molar-refractivity contribution in [1.82, 2.24) is 0 Å². The normalized spacial score (nSPS) is 11.0. The molecule has 0 heterocycles. The largest absolute Gasteiger partial charge is 0.450 e. The predicted molar refractivity (Wildman–Crippen MR) is 118 cm³/mol. The quantitative estimate of drug-likeness (QED) is 0.434. The van der Waals surface area contributed by atoms with E-state index in [1.165, 1.54) is 12.5 Å². The maximum Gasteiger partial charge on any atom is 0.338 e. The maximum atomic E-state index is 11.6. The molecule has 0 aliphatic rings. The number of Topliss-reactive ketones (excluding diaryl/α,β-unsaturated/α-hetero) is 1. The third-order valence-electron chi connectivity index (χ3n) is 3.86. The number of ether oxygens (including phenoxy) is 1. The highest BCUT2D eigenvalue weighted by atomic mass is 16.5. The zero-order chi connectivity index (χ0) is 22.4. The molecule has 0 saturated carbocycles. The summed E-state index contributed by atoms with van der Waals surface area (Å²) in [7, 11) is 1.00. The van der Waals surface area contributed by atoms with Gasteiger partial charge in [-0.3, -0.25) is 9.59 Å². The molecule has 0 fully saturated rings. The molecule has 0 amide bonds. The standard InChI is InChI=1S/C13H14O4.C9H10O.CH4O.CH4/c1-9-3-5-11(6-4-9)13(16)17-12(8-15)10(2)7-14;1-7-3-5-9(6-4-7)8(2)10;1-2;/h3-8,10,12H,1-2H3;3-6H,1-2H3;2H,1H3;1H4. The second-order valence-electron chi connectivity index (χ2n) is 6.29. The van der Waals surface area contributed by atoms with Gasteiger partial charge >= 0.3 is 5.97 Å². The van der Waals surface area contributed by atoms with Crippen molar-refractivity contribution in [2.75, 3.05) is 7.11 Å². The van der Waals surface area contributed by atoms with Gasteiger partial charge in [0.15, 0.2) is 18.2 Å². The van der Waals surface area contributed by atoms with Gasteiger partial charge in [-0.05, 0) is 32.9 Å². The van der Waals surface area contributed by atoms with E-state index >= 15 is 0 Å². The minimum Gasteiger partial charge on any atom is -0.450 e. The van der Waals surface area contributed by atoms with Crippen LogP contribution in [0.15, 0.2) is 48.5 Å². The van der Waals surface area contributed by atoms with Crippen LogP contribution < -0.4 is 0 Å². The van der Waals surface area contributed by atoms with Crippen LogP contribution >= 0.6 is 0 Å². The molecule has 0 bridgehead atoms. The summed E-state index contributed by atoms with van der Waals surface area (Å²) >= 11 is 0. The number of rotatable bonds is 6. The number of benzene rings is 2. The van der Waals surface area contributed by atoms with Crippen LogP contribution in [0.5, 0.6) is 0 Å². The highest BCUT2D eigenvalue weighted by Crippen LogP contribution is 2.09. The monoisotopic (exact) mass is 416 g/mol. The fraction of sp³-hybridized carbons (Fsp3) is 0.333. The minimum atomic E-state index is -1.03. The Balaban J connectivity index is 0. The van der Waals surface area contributed by atoms with E-state index < -0.39 is 18.0 Å². The zero-order valence-corrected chi connectivity index (χ0v) is 17.4. The summed E-state index contributed by atoms with van der Waals surface area (Å²) < 4.78 is 4.94. The van der Waals surface area contributed by atoms with E-state index in [0.29, 0.717) is 18.1 Å². The van der Waals surface area contributed by atoms with Gasteiger partial charge in [0.05, 0.1) is 11.5 Å². The van der Waals surface area contributed by atoms with Crippen LogP contribution in [-0.4, -0.2) is 42.6 Å². The fourth-order valence-corrected chi connectivity index (χ4v) is 2.01. The molecule has 2 aromatic rings. The molecule has 164 valence electrons. The van der Waals surface area contributed by atoms with Crippen molar-refractivity contribution >= 4 is 24.3 Å². The number of hydrogen-bond donors (Lipinski definition) is 1. The Hall–Kier alpha value is -3.12. The van der Waals surface area contributed by atoms with Gasteiger partial charge in [-0.1, -0.05) is 61.9 Å². The van der Waals surface area contributed by atoms with Crippen LogP contribution in [0.1, 0.15) is 53.1 Å². The molecule has 0 spiro atoms. The molecule has 6 nitrogen and oxygen atoms in total. The molecule has 0 aliphatic heterocycles. The number of aryl methyl sites for hydroxylation is 2. The Morgan fingerprint density at radius 3 is 1.57 bits per heavy atom. The molecule has 2 rings (SSSR count). The smallest absolute Gasteiger partial charge is 0.338 e. The molecule has 0 aromatic heterocycles. The third kappa shape index (κ3) is 10.4. The van der Waals surface area contributed by atoms with E-state index in [0.717, 1.165) is 18.2 Å². The maximum absolute atomic E-state index is 11.6. The first kappa shape index (κ1) is 29.1. The van der Waals surface area contributed by atoms with Gasteiger partial charge in [0.1, 0.15) is 6.29 Å². The fourth-order valence-electron chi connectivity index (χ4n) is 2.01. The summed E-state index contributed by atoms with van der Waals surface area (Å²) in [6.45, 7) is 7.00. The highest BCUT2D eigenvalue weighted by molar-refractivity contribution is 5.94. The summed E-state index contributed by atoms with van der Waals surface area (Å²) in [5.41, 5.74) is 3.35. The first-order chi connectivity index (χ1) is 13.8. The van der Waals surface area contributed by atoms with E-state index in [-0.39, 0.29) is 13.2 Å². The van der Waals surface area contributed by atoms with E-state index in [4.69, 9.17) is 9.84 Å². The predicted octanol–water partition coefficient (Wildman–Crippen LogP) is 4.00. The van der Waals surface area contributed by atoms with E-state index in [2.05, 4.69) is 0 Å². The molecule has 0 saturated heterocycles. The minimum absolute atomic E-state index is 0. The number of ketones is 1. The van der Waals surface area contributed by atoms with Gasteiger partial charge < -0.3 is 14.6 Å². The van der Waals surface area contributed by atoms with E-state index in [1.807, 2.05) is 38.1 Å². The lowest BCUT2D eigenvalue weighted by Gasteiger charge is -2.14. The average molecular weight is 417 g/mol. The molecule has 1 N–H and O–H groups in total. The molecule has 2 atom stereocenters. The molecule has 0 aliphatic carbocycles. The van der Waals surface area contributed by atoms with Gasteiger partial charge in [-0.25, -0.2) is 4.79 Å². The lowest BCUT2D eigenvalue weighted by Crippen LogP contribution is -2.27. The molecule has 2 unspecified atom stereocenters. The number of esters is 1. The van der Waals surface area contributed by atoms with Gasteiger partial charge in [0, 0.05) is 12.7 Å². The van der Waals surface area contributed by atoms with Crippen molar-refractivity contribution in [2.24, 2.45) is 5.92 Å². The number of aldehydes is 2. The molecule has 30 heavy (non-hydrogen) atoms. The van der Waals surface area contributed by atoms with Crippen molar-refractivity contribution in [3.63, 3.8) is 0 Å². The first-order valence-corrected chi connectivity index (χ1v) is 8.99. The number of hydrogen-bond acceptors (Lipinski definition) is 6. The summed E-state index contributed by atoms with van der Waals surface area (Å²) in [6.07, 6.45) is 0.0217. The van der Waals surface area contributed by atoms with Crippen molar-refractivity contribution in [3.05, 3.63) is 70.8 Å². The molecular formula is C24H32O6. The van der Waals surface area contributed by atoms with Crippen LogP contribution in [0, 0.1) is 19.8 Å². The lowest BCUT2D eigenvalue weighted by molar-refractivity contribution is -0.123. The number of carbonyl (C=O) groups excluding carboxylic acids is 4. The Morgan fingerprint density at radius 2 is 1.23 bits per heavy atom. The van der Waals surface area contributed by atoms with E-state index in [1.54, 1.807) is 31.2 Å². The molecule has 6 heteroatoms. The summed E-state index contributed by atoms with van der Waals surface area (Å²) in [6, 6.07) is 14.4. The second kappa shape index (κ2) is 15.8. The van der Waals surface area contributed by atoms with Crippen LogP contribution in [0.25, 0.3) is 0 Å². The van der Waals surface area contributed by atoms with Gasteiger partial charge in [-0.15, -0.1) is 0 Å². The molecule has 0 radical (unpaired) electrons. The lowest BCUT2D eigenvalue weighted by atomic mass is 10.1. The number of carbonyl (C=O) groups is 4. The SMILES string of the molecule is C.CC(=O)c1ccc(C)cc1.CO.Cc1ccc(C(=O)OC(C=O)C(C)C=O)cc1. The number of aliphatic hydroxyl groups excluding tert-OH is 1. The van der Waals surface area contributed by atoms with Crippen LogP contribution in [-0.2, 0) is 14.3 Å². The topological polar surface area (TPSA) is 97.7 Å². The van der Waals surface area contributed by atoms with Crippen LogP contribution in [0.2, 0.25) is 0 Å². The zero-order valence-electron chi connectivity index (χ0n) is 17.4. The van der Waals surface area contributed by atoms with Gasteiger partial charge in [0.25, 0.3) is 0 Å².